The maximum atomic E-state index is 8.84. The summed E-state index contributed by atoms with van der Waals surface area (Å²) in [5.41, 5.74) is 1.27. The predicted molar refractivity (Wildman–Crippen MR) is 30.1 cm³/mol. The second kappa shape index (κ2) is 1.31. The fourth-order valence-corrected chi connectivity index (χ4v) is 0.686. The molecule has 1 aromatic heterocycles. The van der Waals surface area contributed by atoms with E-state index in [4.69, 9.17) is 5.11 Å². The van der Waals surface area contributed by atoms with E-state index in [1.807, 2.05) is 0 Å². The van der Waals surface area contributed by atoms with Crippen LogP contribution in [0.5, 0.6) is 5.75 Å². The first-order chi connectivity index (χ1) is 4.36. The molecular weight excluding hydrogens is 120 g/mol. The molecule has 0 saturated carbocycles. The minimum absolute atomic E-state index is 0.192. The van der Waals surface area contributed by atoms with E-state index in [0.717, 1.165) is 0 Å². The van der Waals surface area contributed by atoms with Gasteiger partial charge in [-0.2, -0.15) is 0 Å². The van der Waals surface area contributed by atoms with Crippen molar-refractivity contribution in [3.05, 3.63) is 18.2 Å². The molecule has 3 nitrogen and oxygen atoms in total. The van der Waals surface area contributed by atoms with Gasteiger partial charge in [-0.1, -0.05) is 0 Å². The second-order valence-corrected chi connectivity index (χ2v) is 1.80. The van der Waals surface area contributed by atoms with Crippen LogP contribution in [0.25, 0.3) is 11.2 Å². The van der Waals surface area contributed by atoms with E-state index in [0.29, 0.717) is 11.2 Å². The van der Waals surface area contributed by atoms with Crippen LogP contribution in [-0.2, 0) is 0 Å². The number of rotatable bonds is 0. The summed E-state index contributed by atoms with van der Waals surface area (Å²) in [4.78, 5) is 0. The van der Waals surface area contributed by atoms with Gasteiger partial charge in [0.1, 0.15) is 5.75 Å². The van der Waals surface area contributed by atoms with E-state index in [9.17, 15) is 0 Å². The van der Waals surface area contributed by atoms with Crippen LogP contribution < -0.4 is 0 Å². The second-order valence-electron chi connectivity index (χ2n) is 1.80. The average Bonchev–Trinajstić information content (AvgIpc) is 1.78. The molecular formula is C6H4O3. The molecule has 0 amide bonds. The van der Waals surface area contributed by atoms with E-state index >= 15 is 0 Å². The number of aromatic hydroxyl groups is 1. The molecule has 0 aliphatic carbocycles. The minimum atomic E-state index is 0.192. The van der Waals surface area contributed by atoms with Gasteiger partial charge in [-0.3, -0.25) is 9.15 Å². The highest BCUT2D eigenvalue weighted by molar-refractivity contribution is 5.72. The molecule has 0 spiro atoms. The van der Waals surface area contributed by atoms with Crippen molar-refractivity contribution in [1.29, 1.82) is 0 Å². The lowest BCUT2D eigenvalue weighted by molar-refractivity contribution is 0.0586. The molecule has 1 aromatic carbocycles. The van der Waals surface area contributed by atoms with Gasteiger partial charge in [-0.05, 0) is 12.1 Å². The summed E-state index contributed by atoms with van der Waals surface area (Å²) < 4.78 is 9.02. The first-order valence-corrected chi connectivity index (χ1v) is 2.54. The number of phenolic OH excluding ortho intramolecular Hbond substituents is 1. The summed E-state index contributed by atoms with van der Waals surface area (Å²) in [5, 5.41) is 8.84. The third-order valence-corrected chi connectivity index (χ3v) is 1.15. The standard InChI is InChI=1S/C6H4O3/c7-4-1-2-5-6(3-4)9-8-5/h1-3,7H. The zero-order valence-electron chi connectivity index (χ0n) is 4.50. The molecule has 1 N–H and O–H groups in total. The number of fused-ring (bicyclic) bond motifs is 1. The Bertz CT molecular complexity index is 317. The van der Waals surface area contributed by atoms with Crippen LogP contribution in [0.4, 0.5) is 0 Å². The predicted octanol–water partition coefficient (Wildman–Crippen LogP) is 1.73. The maximum Gasteiger partial charge on any atom is 0.229 e. The summed E-state index contributed by atoms with van der Waals surface area (Å²) in [5.74, 6) is 0.192. The monoisotopic (exact) mass is 124 g/mol. The van der Waals surface area contributed by atoms with E-state index in [1.54, 1.807) is 12.1 Å². The van der Waals surface area contributed by atoms with Crippen LogP contribution >= 0.6 is 0 Å². The lowest BCUT2D eigenvalue weighted by atomic mass is 10.3. The minimum Gasteiger partial charge on any atom is -0.508 e. The van der Waals surface area contributed by atoms with Gasteiger partial charge in [0.15, 0.2) is 0 Å². The maximum absolute atomic E-state index is 8.84. The molecule has 3 heteroatoms. The third kappa shape index (κ3) is 0.512. The van der Waals surface area contributed by atoms with Crippen molar-refractivity contribution in [3.8, 4) is 5.75 Å². The van der Waals surface area contributed by atoms with Crippen molar-refractivity contribution >= 4 is 11.2 Å². The normalized spacial score (nSPS) is 10.7. The number of hydrogen-bond acceptors (Lipinski definition) is 3. The van der Waals surface area contributed by atoms with Crippen LogP contribution in [0, 0.1) is 0 Å². The SMILES string of the molecule is Oc1ccc2ooc2c1. The Morgan fingerprint density at radius 3 is 2.33 bits per heavy atom. The zero-order valence-corrected chi connectivity index (χ0v) is 4.50. The zero-order chi connectivity index (χ0) is 6.27. The summed E-state index contributed by atoms with van der Waals surface area (Å²) in [6, 6.07) is 4.69. The molecule has 2 rings (SSSR count). The van der Waals surface area contributed by atoms with Gasteiger partial charge < -0.3 is 5.11 Å². The van der Waals surface area contributed by atoms with Gasteiger partial charge in [0, 0.05) is 6.07 Å². The Hall–Kier alpha value is -1.38. The Kier molecular flexibility index (Phi) is 0.656. The fraction of sp³-hybridized carbons (Fsp3) is 0. The summed E-state index contributed by atoms with van der Waals surface area (Å²) in [6.07, 6.45) is 0. The largest absolute Gasteiger partial charge is 0.508 e. The summed E-state index contributed by atoms with van der Waals surface area (Å²) in [7, 11) is 0. The van der Waals surface area contributed by atoms with E-state index in [1.165, 1.54) is 6.07 Å². The average molecular weight is 124 g/mol. The topological polar surface area (TPSA) is 46.5 Å². The number of benzene rings is 1. The van der Waals surface area contributed by atoms with Crippen molar-refractivity contribution in [3.63, 3.8) is 0 Å². The first-order valence-electron chi connectivity index (χ1n) is 2.54. The molecule has 46 valence electrons. The van der Waals surface area contributed by atoms with Gasteiger partial charge in [0.05, 0.1) is 0 Å². The molecule has 0 bridgehead atoms. The van der Waals surface area contributed by atoms with Crippen LogP contribution in [0.2, 0.25) is 0 Å². The van der Waals surface area contributed by atoms with Crippen LogP contribution in [-0.4, -0.2) is 5.11 Å². The highest BCUT2D eigenvalue weighted by Crippen LogP contribution is 2.22. The smallest absolute Gasteiger partial charge is 0.229 e. The van der Waals surface area contributed by atoms with Gasteiger partial charge in [0.2, 0.25) is 11.2 Å². The van der Waals surface area contributed by atoms with Crippen molar-refractivity contribution < 1.29 is 14.3 Å². The Balaban J connectivity index is 2.78. The van der Waals surface area contributed by atoms with Crippen molar-refractivity contribution in [2.75, 3.05) is 0 Å². The summed E-state index contributed by atoms with van der Waals surface area (Å²) in [6.45, 7) is 0. The molecule has 9 heavy (non-hydrogen) atoms. The Labute approximate surface area is 50.4 Å². The van der Waals surface area contributed by atoms with Gasteiger partial charge in [-0.15, -0.1) is 0 Å². The molecule has 1 heterocycles. The van der Waals surface area contributed by atoms with E-state index < -0.39 is 0 Å². The molecule has 0 aliphatic heterocycles. The molecule has 0 aliphatic rings. The molecule has 0 fully saturated rings. The van der Waals surface area contributed by atoms with Gasteiger partial charge >= 0.3 is 0 Å². The van der Waals surface area contributed by atoms with Crippen LogP contribution in [0.3, 0.4) is 0 Å². The lowest BCUT2D eigenvalue weighted by Crippen LogP contribution is -1.73. The lowest BCUT2D eigenvalue weighted by Gasteiger charge is -1.95. The molecule has 2 aromatic rings. The van der Waals surface area contributed by atoms with Crippen molar-refractivity contribution in [2.45, 2.75) is 0 Å². The van der Waals surface area contributed by atoms with Gasteiger partial charge in [0.25, 0.3) is 0 Å². The fourth-order valence-electron chi connectivity index (χ4n) is 0.686. The van der Waals surface area contributed by atoms with E-state index in [-0.39, 0.29) is 5.75 Å². The molecule has 0 radical (unpaired) electrons. The van der Waals surface area contributed by atoms with E-state index in [2.05, 4.69) is 9.15 Å². The quantitative estimate of drug-likeness (QED) is 0.544. The molecule has 0 atom stereocenters. The Morgan fingerprint density at radius 2 is 1.89 bits per heavy atom. The molecule has 0 saturated heterocycles. The van der Waals surface area contributed by atoms with Crippen LogP contribution in [0.15, 0.2) is 27.4 Å². The van der Waals surface area contributed by atoms with Gasteiger partial charge in [-0.25, -0.2) is 0 Å². The van der Waals surface area contributed by atoms with Crippen molar-refractivity contribution in [1.82, 2.24) is 0 Å². The highest BCUT2D eigenvalue weighted by atomic mass is 17.0. The number of hydrogen-bond donors (Lipinski definition) is 1. The first kappa shape index (κ1) is 4.49. The van der Waals surface area contributed by atoms with Crippen LogP contribution in [0.1, 0.15) is 0 Å². The number of phenols is 1. The summed E-state index contributed by atoms with van der Waals surface area (Å²) >= 11 is 0. The Morgan fingerprint density at radius 1 is 1.11 bits per heavy atom. The van der Waals surface area contributed by atoms with Crippen molar-refractivity contribution in [2.24, 2.45) is 0 Å². The third-order valence-electron chi connectivity index (χ3n) is 1.15. The molecule has 0 unspecified atom stereocenters. The highest BCUT2D eigenvalue weighted by Gasteiger charge is 2.02.